The van der Waals surface area contributed by atoms with E-state index in [1.807, 2.05) is 12.2 Å². The Bertz CT molecular complexity index is 231. The van der Waals surface area contributed by atoms with Crippen LogP contribution in [0.15, 0.2) is 25.3 Å². The molecule has 0 atom stereocenters. The lowest BCUT2D eigenvalue weighted by atomic mass is 9.89. The van der Waals surface area contributed by atoms with Crippen LogP contribution in [0.25, 0.3) is 0 Å². The van der Waals surface area contributed by atoms with Crippen LogP contribution in [0.1, 0.15) is 46.0 Å². The van der Waals surface area contributed by atoms with Crippen molar-refractivity contribution < 1.29 is 9.47 Å². The topological polar surface area (TPSA) is 18.5 Å². The molecule has 0 N–H and O–H groups in total. The maximum Gasteiger partial charge on any atom is 0.168 e. The zero-order valence-electron chi connectivity index (χ0n) is 10.6. The number of rotatable bonds is 6. The molecule has 0 spiro atoms. The lowest BCUT2D eigenvalue weighted by Gasteiger charge is -2.47. The monoisotopic (exact) mass is 224 g/mol. The van der Waals surface area contributed by atoms with Crippen molar-refractivity contribution in [3.05, 3.63) is 25.3 Å². The van der Waals surface area contributed by atoms with Crippen molar-refractivity contribution in [2.75, 3.05) is 6.61 Å². The van der Waals surface area contributed by atoms with Gasteiger partial charge in [-0.1, -0.05) is 26.0 Å². The number of hydrogen-bond donors (Lipinski definition) is 0. The minimum absolute atomic E-state index is 0.145. The summed E-state index contributed by atoms with van der Waals surface area (Å²) in [4.78, 5) is 0. The van der Waals surface area contributed by atoms with Gasteiger partial charge in [-0.05, 0) is 25.7 Å². The Morgan fingerprint density at radius 2 is 1.69 bits per heavy atom. The van der Waals surface area contributed by atoms with E-state index < -0.39 is 5.79 Å². The average molecular weight is 224 g/mol. The second-order valence-electron chi connectivity index (χ2n) is 4.49. The number of ether oxygens (including phenoxy) is 2. The van der Waals surface area contributed by atoms with E-state index in [1.54, 1.807) is 0 Å². The summed E-state index contributed by atoms with van der Waals surface area (Å²) in [6.07, 6.45) is 8.30. The molecule has 2 nitrogen and oxygen atoms in total. The van der Waals surface area contributed by atoms with Gasteiger partial charge in [0.15, 0.2) is 5.79 Å². The van der Waals surface area contributed by atoms with Crippen LogP contribution in [0, 0.1) is 0 Å². The molecule has 2 heteroatoms. The average Bonchev–Trinajstić information content (AvgIpc) is 2.30. The fraction of sp³-hybridized carbons (Fsp3) is 0.714. The first-order chi connectivity index (χ1) is 7.66. The highest BCUT2D eigenvalue weighted by atomic mass is 16.7. The van der Waals surface area contributed by atoms with E-state index in [9.17, 15) is 0 Å². The molecule has 0 aliphatic carbocycles. The standard InChI is InChI=1S/C14H24O2/c1-5-9-13(10-6-2)11-12-15-14(7-3,8-4)16-13/h5-6H,1-2,7-12H2,3-4H3. The minimum Gasteiger partial charge on any atom is -0.350 e. The molecule has 0 aromatic rings. The van der Waals surface area contributed by atoms with E-state index in [2.05, 4.69) is 27.0 Å². The summed E-state index contributed by atoms with van der Waals surface area (Å²) in [5.74, 6) is -0.399. The zero-order valence-corrected chi connectivity index (χ0v) is 10.6. The van der Waals surface area contributed by atoms with Gasteiger partial charge in [-0.25, -0.2) is 0 Å². The molecule has 0 aromatic carbocycles. The summed E-state index contributed by atoms with van der Waals surface area (Å²) in [7, 11) is 0. The van der Waals surface area contributed by atoms with Gasteiger partial charge >= 0.3 is 0 Å². The van der Waals surface area contributed by atoms with Crippen molar-refractivity contribution in [3.8, 4) is 0 Å². The summed E-state index contributed by atoms with van der Waals surface area (Å²) in [5, 5.41) is 0. The van der Waals surface area contributed by atoms with Crippen LogP contribution in [0.3, 0.4) is 0 Å². The maximum absolute atomic E-state index is 6.28. The highest BCUT2D eigenvalue weighted by Gasteiger charge is 2.43. The van der Waals surface area contributed by atoms with Gasteiger partial charge in [0, 0.05) is 6.42 Å². The van der Waals surface area contributed by atoms with E-state index in [0.29, 0.717) is 0 Å². The smallest absolute Gasteiger partial charge is 0.168 e. The fourth-order valence-electron chi connectivity index (χ4n) is 2.39. The molecule has 1 aliphatic rings. The summed E-state index contributed by atoms with van der Waals surface area (Å²) in [5.41, 5.74) is -0.145. The molecule has 0 radical (unpaired) electrons. The van der Waals surface area contributed by atoms with Crippen molar-refractivity contribution in [1.82, 2.24) is 0 Å². The third-order valence-electron chi connectivity index (χ3n) is 3.44. The van der Waals surface area contributed by atoms with Gasteiger partial charge in [0.05, 0.1) is 12.2 Å². The second-order valence-corrected chi connectivity index (χ2v) is 4.49. The van der Waals surface area contributed by atoms with E-state index in [4.69, 9.17) is 9.47 Å². The van der Waals surface area contributed by atoms with E-state index in [0.717, 1.165) is 38.7 Å². The quantitative estimate of drug-likeness (QED) is 0.638. The van der Waals surface area contributed by atoms with Crippen LogP contribution in [-0.2, 0) is 9.47 Å². The summed E-state index contributed by atoms with van der Waals surface area (Å²) in [6.45, 7) is 12.6. The minimum atomic E-state index is -0.399. The number of hydrogen-bond acceptors (Lipinski definition) is 2. The fourth-order valence-corrected chi connectivity index (χ4v) is 2.39. The van der Waals surface area contributed by atoms with Crippen molar-refractivity contribution in [2.45, 2.75) is 57.3 Å². The third kappa shape index (κ3) is 2.74. The molecule has 0 amide bonds. The summed E-state index contributed by atoms with van der Waals surface area (Å²) >= 11 is 0. The SMILES string of the molecule is C=CCC1(CC=C)CCOC(CC)(CC)O1. The molecular weight excluding hydrogens is 200 g/mol. The van der Waals surface area contributed by atoms with E-state index in [1.165, 1.54) is 0 Å². The van der Waals surface area contributed by atoms with Crippen molar-refractivity contribution >= 4 is 0 Å². The van der Waals surface area contributed by atoms with E-state index in [-0.39, 0.29) is 5.60 Å². The van der Waals surface area contributed by atoms with Gasteiger partial charge in [0.1, 0.15) is 0 Å². The maximum atomic E-state index is 6.28. The van der Waals surface area contributed by atoms with Gasteiger partial charge in [-0.2, -0.15) is 0 Å². The zero-order chi connectivity index (χ0) is 12.1. The third-order valence-corrected chi connectivity index (χ3v) is 3.44. The molecule has 0 aromatic heterocycles. The van der Waals surface area contributed by atoms with Gasteiger partial charge in [-0.3, -0.25) is 0 Å². The van der Waals surface area contributed by atoms with Gasteiger partial charge in [-0.15, -0.1) is 13.2 Å². The second kappa shape index (κ2) is 5.65. The first-order valence-corrected chi connectivity index (χ1v) is 6.22. The van der Waals surface area contributed by atoms with Crippen LogP contribution in [0.5, 0.6) is 0 Å². The van der Waals surface area contributed by atoms with Crippen molar-refractivity contribution in [3.63, 3.8) is 0 Å². The van der Waals surface area contributed by atoms with Crippen molar-refractivity contribution in [1.29, 1.82) is 0 Å². The molecule has 1 saturated heterocycles. The van der Waals surface area contributed by atoms with Gasteiger partial charge in [0.25, 0.3) is 0 Å². The van der Waals surface area contributed by atoms with Gasteiger partial charge < -0.3 is 9.47 Å². The molecule has 1 aliphatic heterocycles. The Labute approximate surface area is 99.3 Å². The van der Waals surface area contributed by atoms with Crippen LogP contribution in [0.4, 0.5) is 0 Å². The Morgan fingerprint density at radius 1 is 1.12 bits per heavy atom. The highest BCUT2D eigenvalue weighted by Crippen LogP contribution is 2.39. The largest absolute Gasteiger partial charge is 0.350 e. The normalized spacial score (nSPS) is 22.6. The lowest BCUT2D eigenvalue weighted by molar-refractivity contribution is -0.328. The first kappa shape index (κ1) is 13.5. The molecule has 92 valence electrons. The van der Waals surface area contributed by atoms with E-state index >= 15 is 0 Å². The molecular formula is C14H24O2. The van der Waals surface area contributed by atoms with Crippen LogP contribution >= 0.6 is 0 Å². The predicted octanol–water partition coefficient (Wildman–Crippen LogP) is 3.83. The Hall–Kier alpha value is -0.600. The Kier molecular flexibility index (Phi) is 4.75. The Balaban J connectivity index is 2.84. The molecule has 0 unspecified atom stereocenters. The highest BCUT2D eigenvalue weighted by molar-refractivity contribution is 4.97. The van der Waals surface area contributed by atoms with Crippen LogP contribution < -0.4 is 0 Å². The summed E-state index contributed by atoms with van der Waals surface area (Å²) in [6, 6.07) is 0. The first-order valence-electron chi connectivity index (χ1n) is 6.22. The molecule has 1 fully saturated rings. The lowest BCUT2D eigenvalue weighted by Crippen LogP contribution is -2.51. The van der Waals surface area contributed by atoms with Crippen molar-refractivity contribution in [2.24, 2.45) is 0 Å². The van der Waals surface area contributed by atoms with Crippen LogP contribution in [0.2, 0.25) is 0 Å². The summed E-state index contributed by atoms with van der Waals surface area (Å²) < 4.78 is 12.1. The Morgan fingerprint density at radius 3 is 2.12 bits per heavy atom. The van der Waals surface area contributed by atoms with Gasteiger partial charge in [0.2, 0.25) is 0 Å². The van der Waals surface area contributed by atoms with Crippen LogP contribution in [-0.4, -0.2) is 18.0 Å². The molecule has 0 saturated carbocycles. The predicted molar refractivity (Wildman–Crippen MR) is 67.3 cm³/mol. The molecule has 1 heterocycles. The molecule has 1 rings (SSSR count). The molecule has 16 heavy (non-hydrogen) atoms. The molecule has 0 bridgehead atoms.